The molecule has 0 spiro atoms. The smallest absolute Gasteiger partial charge is 0.269 e. The first-order valence-corrected chi connectivity index (χ1v) is 6.74. The second-order valence-electron chi connectivity index (χ2n) is 4.94. The van der Waals surface area contributed by atoms with Crippen molar-refractivity contribution >= 4 is 5.69 Å². The highest BCUT2D eigenvalue weighted by Crippen LogP contribution is 2.24. The van der Waals surface area contributed by atoms with Crippen LogP contribution < -0.4 is 0 Å². The van der Waals surface area contributed by atoms with Crippen LogP contribution in [0.1, 0.15) is 11.7 Å². The van der Waals surface area contributed by atoms with Crippen molar-refractivity contribution in [3.63, 3.8) is 0 Å². The number of nitrogens with zero attached hydrogens (tertiary/aromatic N) is 3. The lowest BCUT2D eigenvalue weighted by molar-refractivity contribution is -0.384. The van der Waals surface area contributed by atoms with Crippen molar-refractivity contribution in [1.29, 1.82) is 5.26 Å². The molecule has 0 saturated carbocycles. The summed E-state index contributed by atoms with van der Waals surface area (Å²) < 4.78 is 5.24. The van der Waals surface area contributed by atoms with Gasteiger partial charge in [0.2, 0.25) is 0 Å². The van der Waals surface area contributed by atoms with Crippen molar-refractivity contribution in [3.8, 4) is 6.07 Å². The molecule has 0 aromatic heterocycles. The number of hydrogen-bond acceptors (Lipinski definition) is 6. The summed E-state index contributed by atoms with van der Waals surface area (Å²) in [7, 11) is 0. The lowest BCUT2D eigenvalue weighted by Gasteiger charge is -2.29. The van der Waals surface area contributed by atoms with Crippen LogP contribution in [0, 0.1) is 27.4 Å². The van der Waals surface area contributed by atoms with Crippen molar-refractivity contribution < 1.29 is 14.8 Å². The normalized spacial score (nSPS) is 18.7. The number of ether oxygens (including phenoxy) is 1. The molecule has 2 atom stereocenters. The summed E-state index contributed by atoms with van der Waals surface area (Å²) in [5.41, 5.74) is 0.480. The van der Waals surface area contributed by atoms with Crippen LogP contribution in [0.25, 0.3) is 0 Å². The molecule has 1 saturated heterocycles. The maximum absolute atomic E-state index is 10.6. The van der Waals surface area contributed by atoms with E-state index in [0.717, 1.165) is 13.1 Å². The Morgan fingerprint density at radius 3 is 2.52 bits per heavy atom. The number of aliphatic hydroxyl groups is 1. The van der Waals surface area contributed by atoms with Gasteiger partial charge in [0.05, 0.1) is 36.2 Å². The number of nitriles is 1. The highest BCUT2D eigenvalue weighted by Gasteiger charge is 2.24. The molecule has 0 bridgehead atoms. The average Bonchev–Trinajstić information content (AvgIpc) is 2.53. The maximum atomic E-state index is 10.6. The van der Waals surface area contributed by atoms with Crippen molar-refractivity contribution in [3.05, 3.63) is 39.9 Å². The first-order chi connectivity index (χ1) is 10.1. The van der Waals surface area contributed by atoms with Crippen LogP contribution in [0.4, 0.5) is 5.69 Å². The topological polar surface area (TPSA) is 99.6 Å². The van der Waals surface area contributed by atoms with Crippen molar-refractivity contribution in [1.82, 2.24) is 4.90 Å². The fourth-order valence-electron chi connectivity index (χ4n) is 2.30. The van der Waals surface area contributed by atoms with Crippen LogP contribution in [0.2, 0.25) is 0 Å². The number of morpholine rings is 1. The molecule has 1 heterocycles. The van der Waals surface area contributed by atoms with Gasteiger partial charge in [-0.3, -0.25) is 15.0 Å². The Morgan fingerprint density at radius 2 is 2.00 bits per heavy atom. The zero-order chi connectivity index (χ0) is 15.2. The van der Waals surface area contributed by atoms with E-state index >= 15 is 0 Å². The van der Waals surface area contributed by atoms with Gasteiger partial charge < -0.3 is 9.84 Å². The molecule has 2 rings (SSSR count). The predicted molar refractivity (Wildman–Crippen MR) is 74.4 cm³/mol. The fourth-order valence-corrected chi connectivity index (χ4v) is 2.30. The number of rotatable bonds is 5. The number of aliphatic hydroxyl groups excluding tert-OH is 1. The Labute approximate surface area is 122 Å². The molecule has 1 N–H and O–H groups in total. The van der Waals surface area contributed by atoms with Crippen LogP contribution in [-0.4, -0.2) is 47.8 Å². The van der Waals surface area contributed by atoms with E-state index in [4.69, 9.17) is 4.74 Å². The third-order valence-corrected chi connectivity index (χ3v) is 3.55. The summed E-state index contributed by atoms with van der Waals surface area (Å²) in [6.07, 6.45) is -0.960. The van der Waals surface area contributed by atoms with Crippen molar-refractivity contribution in [2.75, 3.05) is 32.8 Å². The minimum atomic E-state index is -0.960. The molecular formula is C14H17N3O4. The molecule has 112 valence electrons. The van der Waals surface area contributed by atoms with E-state index in [1.807, 2.05) is 0 Å². The van der Waals surface area contributed by atoms with Crippen LogP contribution in [0.3, 0.4) is 0 Å². The van der Waals surface area contributed by atoms with Crippen LogP contribution in [0.5, 0.6) is 0 Å². The molecule has 0 aliphatic carbocycles. The largest absolute Gasteiger partial charge is 0.387 e. The zero-order valence-corrected chi connectivity index (χ0v) is 11.5. The minimum Gasteiger partial charge on any atom is -0.387 e. The van der Waals surface area contributed by atoms with E-state index in [2.05, 4.69) is 11.0 Å². The van der Waals surface area contributed by atoms with E-state index in [0.29, 0.717) is 25.3 Å². The SMILES string of the molecule is N#CC(CN1CCOCC1)C(O)c1ccc([N+](=O)[O-])cc1. The van der Waals surface area contributed by atoms with Crippen LogP contribution in [0.15, 0.2) is 24.3 Å². The highest BCUT2D eigenvalue weighted by atomic mass is 16.6. The molecule has 7 nitrogen and oxygen atoms in total. The van der Waals surface area contributed by atoms with E-state index in [-0.39, 0.29) is 5.69 Å². The third-order valence-electron chi connectivity index (χ3n) is 3.55. The van der Waals surface area contributed by atoms with Crippen molar-refractivity contribution in [2.24, 2.45) is 5.92 Å². The lowest BCUT2D eigenvalue weighted by atomic mass is 9.96. The van der Waals surface area contributed by atoms with Crippen LogP contribution in [-0.2, 0) is 4.74 Å². The molecule has 1 aromatic carbocycles. The molecule has 21 heavy (non-hydrogen) atoms. The lowest BCUT2D eigenvalue weighted by Crippen LogP contribution is -2.40. The van der Waals surface area contributed by atoms with Gasteiger partial charge >= 0.3 is 0 Å². The third kappa shape index (κ3) is 3.98. The quantitative estimate of drug-likeness (QED) is 0.644. The Morgan fingerprint density at radius 1 is 1.38 bits per heavy atom. The second kappa shape index (κ2) is 7.13. The van der Waals surface area contributed by atoms with Gasteiger partial charge in [-0.15, -0.1) is 0 Å². The number of non-ortho nitro benzene ring substituents is 1. The molecule has 0 radical (unpaired) electrons. The Bertz CT molecular complexity index is 520. The van der Waals surface area contributed by atoms with E-state index in [1.165, 1.54) is 24.3 Å². The number of nitro benzene ring substituents is 1. The van der Waals surface area contributed by atoms with Crippen molar-refractivity contribution in [2.45, 2.75) is 6.10 Å². The van der Waals surface area contributed by atoms with Gasteiger partial charge in [-0.25, -0.2) is 0 Å². The first kappa shape index (κ1) is 15.4. The molecule has 1 fully saturated rings. The van der Waals surface area contributed by atoms with Gasteiger partial charge in [0, 0.05) is 31.8 Å². The highest BCUT2D eigenvalue weighted by molar-refractivity contribution is 5.34. The van der Waals surface area contributed by atoms with Gasteiger partial charge in [0.25, 0.3) is 5.69 Å². The standard InChI is InChI=1S/C14H17N3O4/c15-9-12(10-16-5-7-21-8-6-16)14(18)11-1-3-13(4-2-11)17(19)20/h1-4,12,14,18H,5-8,10H2. The number of nitro groups is 1. The maximum Gasteiger partial charge on any atom is 0.269 e. The zero-order valence-electron chi connectivity index (χ0n) is 11.5. The molecule has 1 aliphatic heterocycles. The summed E-state index contributed by atoms with van der Waals surface area (Å²) >= 11 is 0. The monoisotopic (exact) mass is 291 g/mol. The Kier molecular flexibility index (Phi) is 5.22. The van der Waals surface area contributed by atoms with Gasteiger partial charge in [-0.05, 0) is 17.7 Å². The van der Waals surface area contributed by atoms with Gasteiger partial charge in [0.15, 0.2) is 0 Å². The van der Waals surface area contributed by atoms with E-state index in [1.54, 1.807) is 0 Å². The summed E-state index contributed by atoms with van der Waals surface area (Å²) in [5, 5.41) is 30.2. The first-order valence-electron chi connectivity index (χ1n) is 6.74. The van der Waals surface area contributed by atoms with Gasteiger partial charge in [-0.2, -0.15) is 5.26 Å². The molecule has 1 aromatic rings. The fraction of sp³-hybridized carbons (Fsp3) is 0.500. The summed E-state index contributed by atoms with van der Waals surface area (Å²) in [6, 6.07) is 7.77. The number of benzene rings is 1. The molecule has 2 unspecified atom stereocenters. The Balaban J connectivity index is 2.03. The van der Waals surface area contributed by atoms with Gasteiger partial charge in [-0.1, -0.05) is 0 Å². The summed E-state index contributed by atoms with van der Waals surface area (Å²) in [6.45, 7) is 3.20. The molecule has 1 aliphatic rings. The molecule has 7 heteroatoms. The molecule has 0 amide bonds. The summed E-state index contributed by atoms with van der Waals surface area (Å²) in [4.78, 5) is 12.2. The summed E-state index contributed by atoms with van der Waals surface area (Å²) in [5.74, 6) is -0.579. The second-order valence-corrected chi connectivity index (χ2v) is 4.94. The average molecular weight is 291 g/mol. The number of hydrogen-bond donors (Lipinski definition) is 1. The van der Waals surface area contributed by atoms with Gasteiger partial charge in [0.1, 0.15) is 0 Å². The molecular weight excluding hydrogens is 274 g/mol. The van der Waals surface area contributed by atoms with E-state index < -0.39 is 16.9 Å². The van der Waals surface area contributed by atoms with E-state index in [9.17, 15) is 20.5 Å². The predicted octanol–water partition coefficient (Wildman–Crippen LogP) is 1.10. The van der Waals surface area contributed by atoms with Crippen LogP contribution >= 0.6 is 0 Å². The Hall–Kier alpha value is -2.01. The minimum absolute atomic E-state index is 0.0346.